The molecule has 1 aliphatic heterocycles. The fourth-order valence-corrected chi connectivity index (χ4v) is 4.00. The van der Waals surface area contributed by atoms with Crippen LogP contribution in [0.2, 0.25) is 0 Å². The maximum atomic E-state index is 13.5. The van der Waals surface area contributed by atoms with Gasteiger partial charge in [0, 0.05) is 32.4 Å². The molecule has 0 spiro atoms. The van der Waals surface area contributed by atoms with E-state index >= 15 is 0 Å². The summed E-state index contributed by atoms with van der Waals surface area (Å²) in [6.45, 7) is 4.70. The minimum absolute atomic E-state index is 0.0132. The average molecular weight is 507 g/mol. The monoisotopic (exact) mass is 506 g/mol. The smallest absolute Gasteiger partial charge is 0.257 e. The number of hydrogen-bond acceptors (Lipinski definition) is 6. The molecule has 1 aliphatic rings. The Kier molecular flexibility index (Phi) is 8.81. The average Bonchev–Trinajstić information content (AvgIpc) is 2.90. The summed E-state index contributed by atoms with van der Waals surface area (Å²) >= 11 is 0. The van der Waals surface area contributed by atoms with Crippen LogP contribution in [0, 0.1) is 12.7 Å². The van der Waals surface area contributed by atoms with Gasteiger partial charge < -0.3 is 24.6 Å². The van der Waals surface area contributed by atoms with Crippen molar-refractivity contribution in [1.82, 2.24) is 20.1 Å². The Labute approximate surface area is 216 Å². The fraction of sp³-hybridized carbons (Fsp3) is 0.321. The Hall–Kier alpha value is -3.82. The van der Waals surface area contributed by atoms with Crippen LogP contribution in [0.1, 0.15) is 21.5 Å². The third-order valence-corrected chi connectivity index (χ3v) is 6.17. The van der Waals surface area contributed by atoms with E-state index in [1.807, 2.05) is 37.4 Å². The number of carbonyl (C=O) groups excluding carboxylic acids is 2. The van der Waals surface area contributed by atoms with E-state index < -0.39 is 11.9 Å². The summed E-state index contributed by atoms with van der Waals surface area (Å²) in [4.78, 5) is 34.9. The predicted molar refractivity (Wildman–Crippen MR) is 137 cm³/mol. The van der Waals surface area contributed by atoms with Gasteiger partial charge in [-0.05, 0) is 55.4 Å². The number of likely N-dealkylation sites (N-methyl/N-ethyl adjacent to an activating group) is 1. The number of pyridine rings is 1. The van der Waals surface area contributed by atoms with E-state index in [9.17, 15) is 14.0 Å². The number of amides is 2. The lowest BCUT2D eigenvalue weighted by Crippen LogP contribution is -2.55. The standard InChI is InChI=1S/C28H31FN4O4/c1-20-17-22(29)10-11-25(20)37-27-23(9-6-12-30-27)26(34)31-24(19-36-18-21-7-4-3-5-8-21)28(35)33-15-13-32(2)14-16-33/h3-12,17,24H,13-16,18-19H2,1-2H3,(H,31,34)/t24-/m1/s1. The molecular formula is C28H31FN4O4. The highest BCUT2D eigenvalue weighted by atomic mass is 19.1. The van der Waals surface area contributed by atoms with Crippen LogP contribution in [0.15, 0.2) is 66.9 Å². The summed E-state index contributed by atoms with van der Waals surface area (Å²) in [6.07, 6.45) is 1.50. The zero-order valence-electron chi connectivity index (χ0n) is 21.0. The highest BCUT2D eigenvalue weighted by Gasteiger charge is 2.29. The molecule has 2 amide bonds. The van der Waals surface area contributed by atoms with Crippen LogP contribution >= 0.6 is 0 Å². The normalized spacial score (nSPS) is 14.7. The lowest BCUT2D eigenvalue weighted by Gasteiger charge is -2.34. The van der Waals surface area contributed by atoms with Gasteiger partial charge >= 0.3 is 0 Å². The first-order valence-corrected chi connectivity index (χ1v) is 12.2. The highest BCUT2D eigenvalue weighted by molar-refractivity contribution is 5.99. The van der Waals surface area contributed by atoms with Gasteiger partial charge in [-0.3, -0.25) is 9.59 Å². The number of rotatable bonds is 9. The number of nitrogens with one attached hydrogen (secondary N) is 1. The van der Waals surface area contributed by atoms with Crippen molar-refractivity contribution in [3.8, 4) is 11.6 Å². The van der Waals surface area contributed by atoms with Crippen molar-refractivity contribution in [1.29, 1.82) is 0 Å². The molecule has 1 aromatic heterocycles. The number of nitrogens with zero attached hydrogens (tertiary/aromatic N) is 3. The van der Waals surface area contributed by atoms with Crippen LogP contribution in [-0.4, -0.2) is 72.5 Å². The van der Waals surface area contributed by atoms with Crippen molar-refractivity contribution in [2.45, 2.75) is 19.6 Å². The molecule has 0 unspecified atom stereocenters. The molecule has 3 aromatic rings. The zero-order chi connectivity index (χ0) is 26.2. The SMILES string of the molecule is Cc1cc(F)ccc1Oc1ncccc1C(=O)N[C@H](COCc1ccccc1)C(=O)N1CCN(C)CC1. The summed E-state index contributed by atoms with van der Waals surface area (Å²) in [6, 6.07) is 16.0. The van der Waals surface area contributed by atoms with E-state index in [1.54, 1.807) is 24.0 Å². The number of benzene rings is 2. The molecule has 37 heavy (non-hydrogen) atoms. The van der Waals surface area contributed by atoms with Gasteiger partial charge in [0.1, 0.15) is 23.2 Å². The minimum atomic E-state index is -0.889. The van der Waals surface area contributed by atoms with Crippen LogP contribution in [0.25, 0.3) is 0 Å². The van der Waals surface area contributed by atoms with Crippen molar-refractivity contribution < 1.29 is 23.5 Å². The third-order valence-electron chi connectivity index (χ3n) is 6.17. The van der Waals surface area contributed by atoms with Gasteiger partial charge in [0.15, 0.2) is 0 Å². The minimum Gasteiger partial charge on any atom is -0.438 e. The van der Waals surface area contributed by atoms with Gasteiger partial charge in [-0.15, -0.1) is 0 Å². The third kappa shape index (κ3) is 7.12. The lowest BCUT2D eigenvalue weighted by molar-refractivity contribution is -0.136. The Bertz CT molecular complexity index is 1220. The largest absolute Gasteiger partial charge is 0.438 e. The number of piperazine rings is 1. The number of ether oxygens (including phenoxy) is 2. The van der Waals surface area contributed by atoms with Crippen molar-refractivity contribution >= 4 is 11.8 Å². The number of carbonyl (C=O) groups is 2. The number of aryl methyl sites for hydroxylation is 1. The van der Waals surface area contributed by atoms with E-state index in [0.29, 0.717) is 31.0 Å². The number of hydrogen-bond donors (Lipinski definition) is 1. The second-order valence-electron chi connectivity index (χ2n) is 9.02. The molecule has 8 nitrogen and oxygen atoms in total. The maximum Gasteiger partial charge on any atom is 0.257 e. The molecule has 9 heteroatoms. The molecule has 1 atom stereocenters. The quantitative estimate of drug-likeness (QED) is 0.479. The maximum absolute atomic E-state index is 13.5. The molecule has 2 aromatic carbocycles. The van der Waals surface area contributed by atoms with Crippen LogP contribution in [0.4, 0.5) is 4.39 Å². The van der Waals surface area contributed by atoms with Gasteiger partial charge in [0.2, 0.25) is 11.8 Å². The van der Waals surface area contributed by atoms with Crippen LogP contribution in [0.5, 0.6) is 11.6 Å². The molecule has 1 fully saturated rings. The van der Waals surface area contributed by atoms with Crippen molar-refractivity contribution in [2.24, 2.45) is 0 Å². The Morgan fingerprint density at radius 2 is 1.81 bits per heavy atom. The van der Waals surface area contributed by atoms with Crippen molar-refractivity contribution in [3.63, 3.8) is 0 Å². The first-order chi connectivity index (χ1) is 17.9. The molecule has 4 rings (SSSR count). The summed E-state index contributed by atoms with van der Waals surface area (Å²) in [7, 11) is 2.01. The van der Waals surface area contributed by atoms with Crippen LogP contribution in [-0.2, 0) is 16.1 Å². The summed E-state index contributed by atoms with van der Waals surface area (Å²) in [5.41, 5.74) is 1.69. The predicted octanol–water partition coefficient (Wildman–Crippen LogP) is 3.41. The Morgan fingerprint density at radius 3 is 2.54 bits per heavy atom. The zero-order valence-corrected chi connectivity index (χ0v) is 21.0. The Balaban J connectivity index is 1.49. The van der Waals surface area contributed by atoms with Gasteiger partial charge in [-0.1, -0.05) is 30.3 Å². The molecule has 2 heterocycles. The highest BCUT2D eigenvalue weighted by Crippen LogP contribution is 2.26. The molecule has 1 N–H and O–H groups in total. The Morgan fingerprint density at radius 1 is 1.05 bits per heavy atom. The van der Waals surface area contributed by atoms with E-state index in [2.05, 4.69) is 15.2 Å². The molecular weight excluding hydrogens is 475 g/mol. The van der Waals surface area contributed by atoms with Crippen molar-refractivity contribution in [2.75, 3.05) is 39.8 Å². The van der Waals surface area contributed by atoms with Gasteiger partial charge in [-0.25, -0.2) is 9.37 Å². The van der Waals surface area contributed by atoms with Gasteiger partial charge in [0.25, 0.3) is 5.91 Å². The first kappa shape index (κ1) is 26.2. The molecule has 194 valence electrons. The van der Waals surface area contributed by atoms with E-state index in [4.69, 9.17) is 9.47 Å². The molecule has 0 aliphatic carbocycles. The second-order valence-corrected chi connectivity index (χ2v) is 9.02. The molecule has 1 saturated heterocycles. The number of aromatic nitrogens is 1. The van der Waals surface area contributed by atoms with Crippen molar-refractivity contribution in [3.05, 3.63) is 89.4 Å². The summed E-state index contributed by atoms with van der Waals surface area (Å²) < 4.78 is 25.2. The van der Waals surface area contributed by atoms with E-state index in [1.165, 1.54) is 24.4 Å². The van der Waals surface area contributed by atoms with Gasteiger partial charge in [0.05, 0.1) is 13.2 Å². The molecule has 0 saturated carbocycles. The molecule has 0 radical (unpaired) electrons. The van der Waals surface area contributed by atoms with E-state index in [-0.39, 0.29) is 29.8 Å². The molecule has 0 bridgehead atoms. The van der Waals surface area contributed by atoms with Crippen LogP contribution in [0.3, 0.4) is 0 Å². The van der Waals surface area contributed by atoms with Gasteiger partial charge in [-0.2, -0.15) is 0 Å². The second kappa shape index (κ2) is 12.4. The van der Waals surface area contributed by atoms with Crippen LogP contribution < -0.4 is 10.1 Å². The topological polar surface area (TPSA) is 84.0 Å². The summed E-state index contributed by atoms with van der Waals surface area (Å²) in [5, 5.41) is 2.83. The number of halogens is 1. The lowest BCUT2D eigenvalue weighted by atomic mass is 10.2. The first-order valence-electron chi connectivity index (χ1n) is 12.2. The summed E-state index contributed by atoms with van der Waals surface area (Å²) in [5.74, 6) is -0.658. The van der Waals surface area contributed by atoms with E-state index in [0.717, 1.165) is 18.7 Å². The fourth-order valence-electron chi connectivity index (χ4n) is 4.00.